The van der Waals surface area contributed by atoms with Crippen LogP contribution in [0.2, 0.25) is 0 Å². The molecule has 0 aliphatic heterocycles. The van der Waals surface area contributed by atoms with Gasteiger partial charge in [0.25, 0.3) is 0 Å². The molecule has 0 radical (unpaired) electrons. The van der Waals surface area contributed by atoms with E-state index in [-0.39, 0.29) is 0 Å². The van der Waals surface area contributed by atoms with Gasteiger partial charge in [-0.25, -0.2) is 0 Å². The Bertz CT molecular complexity index is 390. The van der Waals surface area contributed by atoms with Crippen molar-refractivity contribution in [1.82, 2.24) is 5.32 Å². The molecule has 1 nitrogen and oxygen atoms in total. The maximum absolute atomic E-state index is 3.74. The molecule has 3 unspecified atom stereocenters. The van der Waals surface area contributed by atoms with Gasteiger partial charge < -0.3 is 5.32 Å². The molecule has 1 heteroatoms. The van der Waals surface area contributed by atoms with Crippen LogP contribution in [0, 0.1) is 25.7 Å². The molecule has 19 heavy (non-hydrogen) atoms. The van der Waals surface area contributed by atoms with Gasteiger partial charge in [-0.15, -0.1) is 0 Å². The van der Waals surface area contributed by atoms with Gasteiger partial charge >= 0.3 is 0 Å². The van der Waals surface area contributed by atoms with Gasteiger partial charge in [-0.3, -0.25) is 0 Å². The van der Waals surface area contributed by atoms with Crippen LogP contribution in [0.25, 0.3) is 0 Å². The minimum Gasteiger partial charge on any atom is -0.310 e. The second-order valence-corrected chi connectivity index (χ2v) is 6.30. The molecule has 106 valence electrons. The average Bonchev–Trinajstić information content (AvgIpc) is 2.83. The molecule has 1 aromatic carbocycles. The Kier molecular flexibility index (Phi) is 5.04. The van der Waals surface area contributed by atoms with Crippen molar-refractivity contribution in [3.05, 3.63) is 34.9 Å². The van der Waals surface area contributed by atoms with Crippen LogP contribution in [0.1, 0.15) is 62.3 Å². The third kappa shape index (κ3) is 3.60. The van der Waals surface area contributed by atoms with E-state index in [1.165, 1.54) is 42.4 Å². The summed E-state index contributed by atoms with van der Waals surface area (Å²) in [7, 11) is 0. The molecule has 1 aromatic rings. The van der Waals surface area contributed by atoms with Gasteiger partial charge in [0.1, 0.15) is 0 Å². The lowest BCUT2D eigenvalue weighted by Gasteiger charge is -2.26. The van der Waals surface area contributed by atoms with E-state index in [1.54, 1.807) is 0 Å². The molecule has 0 heterocycles. The largest absolute Gasteiger partial charge is 0.310 e. The fraction of sp³-hybridized carbons (Fsp3) is 0.667. The van der Waals surface area contributed by atoms with Crippen LogP contribution in [-0.4, -0.2) is 6.54 Å². The van der Waals surface area contributed by atoms with E-state index in [2.05, 4.69) is 51.2 Å². The van der Waals surface area contributed by atoms with Crippen molar-refractivity contribution in [1.29, 1.82) is 0 Å². The molecule has 1 aliphatic rings. The SMILES string of the molecule is CCNC(c1cc(C)cc(C)c1)C1CCC(CC)C1. The molecule has 0 aromatic heterocycles. The number of aryl methyl sites for hydroxylation is 2. The highest BCUT2D eigenvalue weighted by Crippen LogP contribution is 2.40. The minimum absolute atomic E-state index is 0.556. The van der Waals surface area contributed by atoms with Gasteiger partial charge in [-0.1, -0.05) is 56.0 Å². The number of hydrogen-bond acceptors (Lipinski definition) is 1. The van der Waals surface area contributed by atoms with Gasteiger partial charge in [0, 0.05) is 6.04 Å². The monoisotopic (exact) mass is 259 g/mol. The van der Waals surface area contributed by atoms with Crippen LogP contribution in [0.15, 0.2) is 18.2 Å². The van der Waals surface area contributed by atoms with Gasteiger partial charge in [-0.2, -0.15) is 0 Å². The Morgan fingerprint density at radius 3 is 2.32 bits per heavy atom. The maximum atomic E-state index is 3.74. The van der Waals surface area contributed by atoms with Crippen LogP contribution in [-0.2, 0) is 0 Å². The third-order valence-corrected chi connectivity index (χ3v) is 4.66. The summed E-state index contributed by atoms with van der Waals surface area (Å²) in [4.78, 5) is 0. The molecule has 1 saturated carbocycles. The predicted molar refractivity (Wildman–Crippen MR) is 83.5 cm³/mol. The molecule has 1 fully saturated rings. The van der Waals surface area contributed by atoms with Crippen LogP contribution in [0.4, 0.5) is 0 Å². The lowest BCUT2D eigenvalue weighted by molar-refractivity contribution is 0.359. The number of benzene rings is 1. The topological polar surface area (TPSA) is 12.0 Å². The van der Waals surface area contributed by atoms with Crippen LogP contribution in [0.3, 0.4) is 0 Å². The quantitative estimate of drug-likeness (QED) is 0.802. The predicted octanol–water partition coefficient (Wildman–Crippen LogP) is 4.78. The molecule has 3 atom stereocenters. The third-order valence-electron chi connectivity index (χ3n) is 4.66. The van der Waals surface area contributed by atoms with E-state index in [1.807, 2.05) is 0 Å². The first kappa shape index (κ1) is 14.6. The summed E-state index contributed by atoms with van der Waals surface area (Å²) in [6.45, 7) is 10.0. The van der Waals surface area contributed by atoms with E-state index in [0.717, 1.165) is 18.4 Å². The summed E-state index contributed by atoms with van der Waals surface area (Å²) < 4.78 is 0. The molecule has 1 aliphatic carbocycles. The normalized spacial score (nSPS) is 24.6. The first-order valence-corrected chi connectivity index (χ1v) is 7.95. The highest BCUT2D eigenvalue weighted by molar-refractivity contribution is 5.31. The lowest BCUT2D eigenvalue weighted by atomic mass is 9.89. The van der Waals surface area contributed by atoms with Gasteiger partial charge in [0.15, 0.2) is 0 Å². The number of nitrogens with one attached hydrogen (secondary N) is 1. The van der Waals surface area contributed by atoms with Crippen molar-refractivity contribution in [2.75, 3.05) is 6.54 Å². The van der Waals surface area contributed by atoms with E-state index >= 15 is 0 Å². The van der Waals surface area contributed by atoms with Crippen LogP contribution < -0.4 is 5.32 Å². The standard InChI is InChI=1S/C18H29N/c1-5-15-7-8-16(12-15)18(19-6-2)17-10-13(3)9-14(4)11-17/h9-11,15-16,18-19H,5-8,12H2,1-4H3. The summed E-state index contributed by atoms with van der Waals surface area (Å²) in [5.74, 6) is 1.78. The van der Waals surface area contributed by atoms with E-state index in [9.17, 15) is 0 Å². The molecule has 0 bridgehead atoms. The summed E-state index contributed by atoms with van der Waals surface area (Å²) in [5, 5.41) is 3.74. The molecule has 0 amide bonds. The summed E-state index contributed by atoms with van der Waals surface area (Å²) in [6, 6.07) is 7.58. The summed E-state index contributed by atoms with van der Waals surface area (Å²) in [5.41, 5.74) is 4.28. The van der Waals surface area contributed by atoms with Crippen molar-refractivity contribution in [3.63, 3.8) is 0 Å². The summed E-state index contributed by atoms with van der Waals surface area (Å²) in [6.07, 6.45) is 5.57. The van der Waals surface area contributed by atoms with Crippen molar-refractivity contribution in [3.8, 4) is 0 Å². The first-order chi connectivity index (χ1) is 9.13. The van der Waals surface area contributed by atoms with Crippen molar-refractivity contribution in [2.24, 2.45) is 11.8 Å². The zero-order chi connectivity index (χ0) is 13.8. The molecular formula is C18H29N. The maximum Gasteiger partial charge on any atom is 0.0348 e. The highest BCUT2D eigenvalue weighted by atomic mass is 14.9. The number of hydrogen-bond donors (Lipinski definition) is 1. The van der Waals surface area contributed by atoms with E-state index in [0.29, 0.717) is 6.04 Å². The fourth-order valence-electron chi connectivity index (χ4n) is 3.75. The zero-order valence-electron chi connectivity index (χ0n) is 13.0. The second kappa shape index (κ2) is 6.56. The van der Waals surface area contributed by atoms with Crippen molar-refractivity contribution in [2.45, 2.75) is 59.4 Å². The van der Waals surface area contributed by atoms with Gasteiger partial charge in [-0.05, 0) is 50.6 Å². The lowest BCUT2D eigenvalue weighted by Crippen LogP contribution is -2.27. The first-order valence-electron chi connectivity index (χ1n) is 7.95. The minimum atomic E-state index is 0.556. The van der Waals surface area contributed by atoms with Crippen LogP contribution in [0.5, 0.6) is 0 Å². The van der Waals surface area contributed by atoms with Crippen molar-refractivity contribution < 1.29 is 0 Å². The average molecular weight is 259 g/mol. The van der Waals surface area contributed by atoms with Gasteiger partial charge in [0.2, 0.25) is 0 Å². The van der Waals surface area contributed by atoms with Gasteiger partial charge in [0.05, 0.1) is 0 Å². The van der Waals surface area contributed by atoms with E-state index in [4.69, 9.17) is 0 Å². The smallest absolute Gasteiger partial charge is 0.0348 e. The molecular weight excluding hydrogens is 230 g/mol. The van der Waals surface area contributed by atoms with E-state index < -0.39 is 0 Å². The highest BCUT2D eigenvalue weighted by Gasteiger charge is 2.30. The van der Waals surface area contributed by atoms with Crippen LogP contribution >= 0.6 is 0 Å². The summed E-state index contributed by atoms with van der Waals surface area (Å²) >= 11 is 0. The molecule has 1 N–H and O–H groups in total. The Morgan fingerprint density at radius 1 is 1.11 bits per heavy atom. The Morgan fingerprint density at radius 2 is 1.79 bits per heavy atom. The molecule has 0 spiro atoms. The Labute approximate surface area is 118 Å². The second-order valence-electron chi connectivity index (χ2n) is 6.30. The Balaban J connectivity index is 2.19. The molecule has 0 saturated heterocycles. The van der Waals surface area contributed by atoms with Crippen molar-refractivity contribution >= 4 is 0 Å². The molecule has 2 rings (SSSR count). The zero-order valence-corrected chi connectivity index (χ0v) is 13.0. The Hall–Kier alpha value is -0.820. The number of rotatable bonds is 5. The fourth-order valence-corrected chi connectivity index (χ4v) is 3.75.